The maximum Gasteiger partial charge on any atom is 0.419 e. The Morgan fingerprint density at radius 1 is 1.37 bits per heavy atom. The number of amidine groups is 1. The minimum atomic E-state index is -4.45. The first-order valence-electron chi connectivity index (χ1n) is 5.36. The topological polar surface area (TPSA) is 67.7 Å². The van der Waals surface area contributed by atoms with Gasteiger partial charge in [-0.15, -0.1) is 0 Å². The number of nitrogens with zero attached hydrogens (tertiary/aromatic N) is 2. The van der Waals surface area contributed by atoms with Crippen LogP contribution in [-0.2, 0) is 6.18 Å². The number of alkyl halides is 3. The summed E-state index contributed by atoms with van der Waals surface area (Å²) in [6, 6.07) is 4.94. The zero-order valence-corrected chi connectivity index (χ0v) is 9.99. The van der Waals surface area contributed by atoms with Crippen LogP contribution in [0.2, 0.25) is 0 Å². The van der Waals surface area contributed by atoms with Gasteiger partial charge in [0.1, 0.15) is 5.84 Å². The molecule has 1 aromatic carbocycles. The third-order valence-corrected chi connectivity index (χ3v) is 2.60. The van der Waals surface area contributed by atoms with Gasteiger partial charge in [-0.25, -0.2) is 4.68 Å². The minimum absolute atomic E-state index is 0.223. The molecule has 100 valence electrons. The average molecular weight is 268 g/mol. The number of hydrogen-bond donors (Lipinski definition) is 2. The van der Waals surface area contributed by atoms with Crippen LogP contribution in [0.5, 0.6) is 0 Å². The van der Waals surface area contributed by atoms with Crippen molar-refractivity contribution >= 4 is 5.84 Å². The summed E-state index contributed by atoms with van der Waals surface area (Å²) in [6.45, 7) is 1.79. The molecule has 4 nitrogen and oxygen atoms in total. The second-order valence-corrected chi connectivity index (χ2v) is 4.11. The number of benzene rings is 1. The fourth-order valence-electron chi connectivity index (χ4n) is 1.66. The predicted octanol–water partition coefficient (Wildman–Crippen LogP) is 2.48. The molecule has 0 spiro atoms. The number of rotatable bonds is 2. The summed E-state index contributed by atoms with van der Waals surface area (Å²) in [5, 5.41) is 11.1. The van der Waals surface area contributed by atoms with Gasteiger partial charge in [-0.05, 0) is 24.6 Å². The standard InChI is InChI=1S/C12H11F3N4/c1-7-2-3-9(11(16)17)10(4-7)19-6-8(5-18-19)12(13,14)15/h2-6H,1H3,(H3,16,17). The van der Waals surface area contributed by atoms with Crippen molar-refractivity contribution in [1.29, 1.82) is 5.41 Å². The monoisotopic (exact) mass is 268 g/mol. The molecule has 0 bridgehead atoms. The van der Waals surface area contributed by atoms with Crippen molar-refractivity contribution in [3.8, 4) is 5.69 Å². The molecular weight excluding hydrogens is 257 g/mol. The molecule has 7 heteroatoms. The van der Waals surface area contributed by atoms with Crippen molar-refractivity contribution in [1.82, 2.24) is 9.78 Å². The molecule has 1 aromatic heterocycles. The van der Waals surface area contributed by atoms with Crippen molar-refractivity contribution < 1.29 is 13.2 Å². The number of hydrogen-bond acceptors (Lipinski definition) is 2. The minimum Gasteiger partial charge on any atom is -0.384 e. The van der Waals surface area contributed by atoms with Gasteiger partial charge in [0, 0.05) is 11.8 Å². The van der Waals surface area contributed by atoms with E-state index in [1.54, 1.807) is 25.1 Å². The molecule has 0 fully saturated rings. The molecule has 0 aliphatic heterocycles. The van der Waals surface area contributed by atoms with Gasteiger partial charge in [-0.1, -0.05) is 6.07 Å². The molecule has 0 saturated carbocycles. The van der Waals surface area contributed by atoms with Crippen molar-refractivity contribution in [2.45, 2.75) is 13.1 Å². The summed E-state index contributed by atoms with van der Waals surface area (Å²) < 4.78 is 38.7. The quantitative estimate of drug-likeness (QED) is 0.649. The highest BCUT2D eigenvalue weighted by Gasteiger charge is 2.32. The van der Waals surface area contributed by atoms with Gasteiger partial charge < -0.3 is 5.73 Å². The van der Waals surface area contributed by atoms with Gasteiger partial charge in [0.15, 0.2) is 0 Å². The van der Waals surface area contributed by atoms with Crippen molar-refractivity contribution in [2.75, 3.05) is 0 Å². The number of nitrogens with one attached hydrogen (secondary N) is 1. The average Bonchev–Trinajstić information content (AvgIpc) is 2.77. The number of nitrogens with two attached hydrogens (primary N) is 1. The van der Waals surface area contributed by atoms with E-state index in [0.717, 1.165) is 22.6 Å². The van der Waals surface area contributed by atoms with E-state index in [-0.39, 0.29) is 5.84 Å². The first-order chi connectivity index (χ1) is 8.79. The van der Waals surface area contributed by atoms with Gasteiger partial charge in [-0.2, -0.15) is 18.3 Å². The van der Waals surface area contributed by atoms with E-state index in [1.807, 2.05) is 0 Å². The van der Waals surface area contributed by atoms with Gasteiger partial charge in [0.05, 0.1) is 17.4 Å². The number of halogens is 3. The molecular formula is C12H11F3N4. The van der Waals surface area contributed by atoms with Crippen LogP contribution in [0.1, 0.15) is 16.7 Å². The predicted molar refractivity (Wildman–Crippen MR) is 64.3 cm³/mol. The molecule has 0 aliphatic rings. The Kier molecular flexibility index (Phi) is 3.05. The fraction of sp³-hybridized carbons (Fsp3) is 0.167. The lowest BCUT2D eigenvalue weighted by molar-refractivity contribution is -0.137. The summed E-state index contributed by atoms with van der Waals surface area (Å²) in [6.07, 6.45) is -2.83. The van der Waals surface area contributed by atoms with E-state index in [1.165, 1.54) is 0 Å². The lowest BCUT2D eigenvalue weighted by Crippen LogP contribution is -2.15. The maximum atomic E-state index is 12.5. The molecule has 2 rings (SSSR count). The highest BCUT2D eigenvalue weighted by atomic mass is 19.4. The Bertz CT molecular complexity index is 628. The van der Waals surface area contributed by atoms with Crippen LogP contribution in [0.3, 0.4) is 0 Å². The SMILES string of the molecule is Cc1ccc(C(=N)N)c(-n2cc(C(F)(F)F)cn2)c1. The molecule has 0 saturated heterocycles. The normalized spacial score (nSPS) is 11.6. The molecule has 0 unspecified atom stereocenters. The summed E-state index contributed by atoms with van der Waals surface area (Å²) in [7, 11) is 0. The van der Waals surface area contributed by atoms with E-state index in [9.17, 15) is 13.2 Å². The molecule has 19 heavy (non-hydrogen) atoms. The molecule has 0 radical (unpaired) electrons. The van der Waals surface area contributed by atoms with E-state index in [4.69, 9.17) is 11.1 Å². The van der Waals surface area contributed by atoms with Crippen LogP contribution in [-0.4, -0.2) is 15.6 Å². The first-order valence-corrected chi connectivity index (χ1v) is 5.36. The second kappa shape index (κ2) is 4.42. The van der Waals surface area contributed by atoms with Crippen LogP contribution in [0.15, 0.2) is 30.6 Å². The first kappa shape index (κ1) is 13.1. The van der Waals surface area contributed by atoms with E-state index in [0.29, 0.717) is 11.3 Å². The highest BCUT2D eigenvalue weighted by Crippen LogP contribution is 2.29. The fourth-order valence-corrected chi connectivity index (χ4v) is 1.66. The van der Waals surface area contributed by atoms with Gasteiger partial charge in [-0.3, -0.25) is 5.41 Å². The molecule has 2 aromatic rings. The maximum absolute atomic E-state index is 12.5. The molecule has 0 atom stereocenters. The summed E-state index contributed by atoms with van der Waals surface area (Å²) in [5.74, 6) is -0.223. The van der Waals surface area contributed by atoms with Crippen LogP contribution in [0, 0.1) is 12.3 Å². The zero-order valence-electron chi connectivity index (χ0n) is 9.99. The third-order valence-electron chi connectivity index (χ3n) is 2.60. The lowest BCUT2D eigenvalue weighted by Gasteiger charge is -2.09. The Balaban J connectivity index is 2.55. The Morgan fingerprint density at radius 3 is 2.58 bits per heavy atom. The molecule has 3 N–H and O–H groups in total. The van der Waals surface area contributed by atoms with Crippen molar-refractivity contribution in [3.63, 3.8) is 0 Å². The smallest absolute Gasteiger partial charge is 0.384 e. The molecule has 1 heterocycles. The van der Waals surface area contributed by atoms with Crippen LogP contribution >= 0.6 is 0 Å². The van der Waals surface area contributed by atoms with Gasteiger partial charge >= 0.3 is 6.18 Å². The summed E-state index contributed by atoms with van der Waals surface area (Å²) in [4.78, 5) is 0. The third kappa shape index (κ3) is 2.59. The van der Waals surface area contributed by atoms with Crippen molar-refractivity contribution in [2.24, 2.45) is 5.73 Å². The number of nitrogen functional groups attached to an aromatic ring is 1. The largest absolute Gasteiger partial charge is 0.419 e. The van der Waals surface area contributed by atoms with Gasteiger partial charge in [0.25, 0.3) is 0 Å². The van der Waals surface area contributed by atoms with E-state index in [2.05, 4.69) is 5.10 Å². The molecule has 0 amide bonds. The summed E-state index contributed by atoms with van der Waals surface area (Å²) >= 11 is 0. The van der Waals surface area contributed by atoms with E-state index < -0.39 is 11.7 Å². The highest BCUT2D eigenvalue weighted by molar-refractivity contribution is 5.98. The van der Waals surface area contributed by atoms with Crippen LogP contribution in [0.25, 0.3) is 5.69 Å². The van der Waals surface area contributed by atoms with Gasteiger partial charge in [0.2, 0.25) is 0 Å². The lowest BCUT2D eigenvalue weighted by atomic mass is 10.1. The summed E-state index contributed by atoms with van der Waals surface area (Å²) in [5.41, 5.74) is 6.09. The zero-order chi connectivity index (χ0) is 14.2. The number of aryl methyl sites for hydroxylation is 1. The van der Waals surface area contributed by atoms with Crippen molar-refractivity contribution in [3.05, 3.63) is 47.3 Å². The molecule has 0 aliphatic carbocycles. The second-order valence-electron chi connectivity index (χ2n) is 4.11. The van der Waals surface area contributed by atoms with E-state index >= 15 is 0 Å². The Hall–Kier alpha value is -2.31. The Morgan fingerprint density at radius 2 is 2.05 bits per heavy atom. The Labute approximate surface area is 107 Å². The van der Waals surface area contributed by atoms with Crippen LogP contribution < -0.4 is 5.73 Å². The number of aromatic nitrogens is 2. The van der Waals surface area contributed by atoms with Crippen LogP contribution in [0.4, 0.5) is 13.2 Å².